The topological polar surface area (TPSA) is 38.1 Å². The number of halogens is 1. The molecule has 1 aromatic heterocycles. The number of aromatic nitrogens is 2. The van der Waals surface area contributed by atoms with Crippen molar-refractivity contribution in [2.75, 3.05) is 0 Å². The molecule has 0 unspecified atom stereocenters. The summed E-state index contributed by atoms with van der Waals surface area (Å²) < 4.78 is 15.5. The number of hydrogen-bond acceptors (Lipinski definition) is 2. The summed E-state index contributed by atoms with van der Waals surface area (Å²) >= 11 is 0. The molecule has 0 saturated heterocycles. The molecular formula is C28H28FN3O. The smallest absolute Gasteiger partial charge is 0.243 e. The molecule has 168 valence electrons. The molecule has 4 aromatic rings. The van der Waals surface area contributed by atoms with Gasteiger partial charge in [-0.3, -0.25) is 4.79 Å². The van der Waals surface area contributed by atoms with Gasteiger partial charge in [-0.05, 0) is 54.8 Å². The highest BCUT2D eigenvalue weighted by Crippen LogP contribution is 2.28. The molecule has 0 N–H and O–H groups in total. The van der Waals surface area contributed by atoms with E-state index in [4.69, 9.17) is 4.98 Å². The van der Waals surface area contributed by atoms with Crippen LogP contribution in [0.3, 0.4) is 0 Å². The molecule has 4 nitrogen and oxygen atoms in total. The maximum atomic E-state index is 13.8. The van der Waals surface area contributed by atoms with E-state index in [-0.39, 0.29) is 24.3 Å². The zero-order valence-corrected chi connectivity index (χ0v) is 18.7. The molecule has 1 heterocycles. The third-order valence-electron chi connectivity index (χ3n) is 6.58. The number of carbonyl (C=O) groups is 1. The van der Waals surface area contributed by atoms with Crippen molar-refractivity contribution in [2.24, 2.45) is 0 Å². The minimum Gasteiger partial charge on any atom is -0.334 e. The second-order valence-electron chi connectivity index (χ2n) is 8.82. The first kappa shape index (κ1) is 21.4. The number of hydrogen-bond donors (Lipinski definition) is 0. The lowest BCUT2D eigenvalue weighted by molar-refractivity contribution is -0.135. The normalized spacial score (nSPS) is 14.5. The SMILES string of the molecule is O=C(Cn1c(-c2ccc(F)cc2)nc2ccccc21)N(Cc1ccccc1)C1CCCCC1. The average Bonchev–Trinajstić information content (AvgIpc) is 3.22. The van der Waals surface area contributed by atoms with E-state index in [2.05, 4.69) is 17.0 Å². The number of benzene rings is 3. The van der Waals surface area contributed by atoms with Crippen LogP contribution in [0.5, 0.6) is 0 Å². The van der Waals surface area contributed by atoms with E-state index >= 15 is 0 Å². The highest BCUT2D eigenvalue weighted by Gasteiger charge is 2.27. The summed E-state index contributed by atoms with van der Waals surface area (Å²) in [5, 5.41) is 0. The van der Waals surface area contributed by atoms with Gasteiger partial charge in [-0.25, -0.2) is 9.37 Å². The first-order chi connectivity index (χ1) is 16.2. The van der Waals surface area contributed by atoms with Crippen LogP contribution in [0.15, 0.2) is 78.9 Å². The van der Waals surface area contributed by atoms with Gasteiger partial charge in [-0.15, -0.1) is 0 Å². The Balaban J connectivity index is 1.50. The number of fused-ring (bicyclic) bond motifs is 1. The van der Waals surface area contributed by atoms with Gasteiger partial charge in [-0.1, -0.05) is 61.7 Å². The second-order valence-corrected chi connectivity index (χ2v) is 8.82. The van der Waals surface area contributed by atoms with Gasteiger partial charge in [0.15, 0.2) is 0 Å². The Kier molecular flexibility index (Phi) is 6.20. The maximum Gasteiger partial charge on any atom is 0.243 e. The molecule has 0 radical (unpaired) electrons. The van der Waals surface area contributed by atoms with Crippen molar-refractivity contribution < 1.29 is 9.18 Å². The van der Waals surface area contributed by atoms with Crippen molar-refractivity contribution in [1.82, 2.24) is 14.5 Å². The van der Waals surface area contributed by atoms with Gasteiger partial charge in [0.1, 0.15) is 18.2 Å². The number of para-hydroxylation sites is 2. The van der Waals surface area contributed by atoms with Gasteiger partial charge < -0.3 is 9.47 Å². The zero-order valence-electron chi connectivity index (χ0n) is 18.7. The van der Waals surface area contributed by atoms with E-state index in [0.717, 1.165) is 47.8 Å². The third kappa shape index (κ3) is 4.68. The Labute approximate surface area is 193 Å². The molecule has 1 amide bonds. The first-order valence-electron chi connectivity index (χ1n) is 11.7. The Morgan fingerprint density at radius 2 is 1.61 bits per heavy atom. The molecule has 1 saturated carbocycles. The van der Waals surface area contributed by atoms with Crippen LogP contribution >= 0.6 is 0 Å². The minimum atomic E-state index is -0.288. The molecule has 1 aliphatic carbocycles. The summed E-state index contributed by atoms with van der Waals surface area (Å²) in [4.78, 5) is 20.7. The highest BCUT2D eigenvalue weighted by atomic mass is 19.1. The van der Waals surface area contributed by atoms with Gasteiger partial charge >= 0.3 is 0 Å². The zero-order chi connectivity index (χ0) is 22.6. The average molecular weight is 442 g/mol. The van der Waals surface area contributed by atoms with Crippen LogP contribution < -0.4 is 0 Å². The largest absolute Gasteiger partial charge is 0.334 e. The van der Waals surface area contributed by atoms with E-state index in [1.807, 2.05) is 47.0 Å². The van der Waals surface area contributed by atoms with Gasteiger partial charge in [0.25, 0.3) is 0 Å². The number of imidazole rings is 1. The van der Waals surface area contributed by atoms with Crippen molar-refractivity contribution >= 4 is 16.9 Å². The molecule has 1 fully saturated rings. The molecule has 1 aliphatic rings. The number of rotatable bonds is 6. The second kappa shape index (κ2) is 9.57. The standard InChI is InChI=1S/C28H28FN3O/c29-23-17-15-22(16-18-23)28-30-25-13-7-8-14-26(25)32(28)20-27(33)31(24-11-5-2-6-12-24)19-21-9-3-1-4-10-21/h1,3-4,7-10,13-18,24H,2,5-6,11-12,19-20H2. The van der Waals surface area contributed by atoms with Crippen molar-refractivity contribution in [2.45, 2.75) is 51.2 Å². The van der Waals surface area contributed by atoms with Crippen molar-refractivity contribution in [1.29, 1.82) is 0 Å². The Morgan fingerprint density at radius 1 is 0.909 bits per heavy atom. The lowest BCUT2D eigenvalue weighted by atomic mass is 9.93. The van der Waals surface area contributed by atoms with Crippen LogP contribution in [-0.2, 0) is 17.9 Å². The fourth-order valence-electron chi connectivity index (χ4n) is 4.87. The predicted molar refractivity (Wildman–Crippen MR) is 129 cm³/mol. The maximum absolute atomic E-state index is 13.8. The number of nitrogens with zero attached hydrogens (tertiary/aromatic N) is 3. The fourth-order valence-corrected chi connectivity index (χ4v) is 4.87. The van der Waals surface area contributed by atoms with E-state index in [0.29, 0.717) is 12.4 Å². The minimum absolute atomic E-state index is 0.0947. The van der Waals surface area contributed by atoms with E-state index < -0.39 is 0 Å². The Bertz CT molecular complexity index is 1230. The summed E-state index contributed by atoms with van der Waals surface area (Å²) in [7, 11) is 0. The lowest BCUT2D eigenvalue weighted by Gasteiger charge is -2.35. The van der Waals surface area contributed by atoms with Crippen molar-refractivity contribution in [3.63, 3.8) is 0 Å². The molecule has 3 aromatic carbocycles. The van der Waals surface area contributed by atoms with Gasteiger partial charge in [0.2, 0.25) is 5.91 Å². The molecule has 0 aliphatic heterocycles. The third-order valence-corrected chi connectivity index (χ3v) is 6.58. The lowest BCUT2D eigenvalue weighted by Crippen LogP contribution is -2.42. The van der Waals surface area contributed by atoms with Crippen LogP contribution in [0.25, 0.3) is 22.4 Å². The first-order valence-corrected chi connectivity index (χ1v) is 11.7. The highest BCUT2D eigenvalue weighted by molar-refractivity contribution is 5.84. The fraction of sp³-hybridized carbons (Fsp3) is 0.286. The summed E-state index contributed by atoms with van der Waals surface area (Å²) in [5.74, 6) is 0.494. The van der Waals surface area contributed by atoms with Gasteiger partial charge in [0, 0.05) is 18.2 Å². The van der Waals surface area contributed by atoms with Crippen LogP contribution in [0.2, 0.25) is 0 Å². The Hall–Kier alpha value is -3.47. The molecule has 0 atom stereocenters. The van der Waals surface area contributed by atoms with Crippen LogP contribution in [0.4, 0.5) is 4.39 Å². The monoisotopic (exact) mass is 441 g/mol. The van der Waals surface area contributed by atoms with E-state index in [1.54, 1.807) is 12.1 Å². The molecule has 33 heavy (non-hydrogen) atoms. The number of carbonyl (C=O) groups excluding carboxylic acids is 1. The Morgan fingerprint density at radius 3 is 2.36 bits per heavy atom. The van der Waals surface area contributed by atoms with Crippen LogP contribution in [-0.4, -0.2) is 26.4 Å². The molecule has 5 rings (SSSR count). The summed E-state index contributed by atoms with van der Waals surface area (Å²) in [5.41, 5.74) is 3.68. The van der Waals surface area contributed by atoms with E-state index in [1.165, 1.54) is 18.6 Å². The predicted octanol–water partition coefficient (Wildman–Crippen LogP) is 6.20. The summed E-state index contributed by atoms with van der Waals surface area (Å²) in [6.45, 7) is 0.819. The number of amides is 1. The quantitative estimate of drug-likeness (QED) is 0.357. The van der Waals surface area contributed by atoms with Gasteiger partial charge in [-0.2, -0.15) is 0 Å². The summed E-state index contributed by atoms with van der Waals surface area (Å²) in [6, 6.07) is 24.6. The van der Waals surface area contributed by atoms with E-state index in [9.17, 15) is 9.18 Å². The van der Waals surface area contributed by atoms with Crippen molar-refractivity contribution in [3.05, 3.63) is 90.2 Å². The van der Waals surface area contributed by atoms with Crippen molar-refractivity contribution in [3.8, 4) is 11.4 Å². The van der Waals surface area contributed by atoms with Crippen LogP contribution in [0, 0.1) is 5.82 Å². The molecule has 5 heteroatoms. The molecular weight excluding hydrogens is 413 g/mol. The molecule has 0 spiro atoms. The molecule has 0 bridgehead atoms. The van der Waals surface area contributed by atoms with Crippen LogP contribution in [0.1, 0.15) is 37.7 Å². The summed E-state index contributed by atoms with van der Waals surface area (Å²) in [6.07, 6.45) is 5.67. The van der Waals surface area contributed by atoms with Gasteiger partial charge in [0.05, 0.1) is 11.0 Å².